The van der Waals surface area contributed by atoms with Crippen molar-refractivity contribution in [3.05, 3.63) is 23.3 Å². The number of aryl methyl sites for hydroxylation is 2. The summed E-state index contributed by atoms with van der Waals surface area (Å²) < 4.78 is 0. The van der Waals surface area contributed by atoms with Crippen LogP contribution in [-0.4, -0.2) is 21.7 Å². The Kier molecular flexibility index (Phi) is 2.93. The summed E-state index contributed by atoms with van der Waals surface area (Å²) in [6.07, 6.45) is 0. The van der Waals surface area contributed by atoms with Gasteiger partial charge in [-0.25, -0.2) is 9.97 Å². The van der Waals surface area contributed by atoms with Crippen LogP contribution in [-0.2, 0) is 0 Å². The molecule has 1 atom stereocenters. The number of rotatable bonds is 2. The number of hydrogen-bond acceptors (Lipinski definition) is 4. The van der Waals surface area contributed by atoms with E-state index in [0.29, 0.717) is 11.5 Å². The van der Waals surface area contributed by atoms with E-state index in [1.165, 1.54) is 0 Å². The van der Waals surface area contributed by atoms with Gasteiger partial charge in [-0.3, -0.25) is 0 Å². The Morgan fingerprint density at radius 3 is 2.69 bits per heavy atom. The van der Waals surface area contributed by atoms with Gasteiger partial charge in [-0.2, -0.15) is 5.26 Å². The molecule has 0 spiro atoms. The summed E-state index contributed by atoms with van der Waals surface area (Å²) in [7, 11) is 0. The van der Waals surface area contributed by atoms with Gasteiger partial charge in [0.15, 0.2) is 0 Å². The Morgan fingerprint density at radius 1 is 1.54 bits per heavy atom. The molecule has 68 valence electrons. The highest BCUT2D eigenvalue weighted by Crippen LogP contribution is 2.12. The van der Waals surface area contributed by atoms with Gasteiger partial charge < -0.3 is 5.11 Å². The molecule has 4 heteroatoms. The van der Waals surface area contributed by atoms with Crippen LogP contribution in [0.1, 0.15) is 23.1 Å². The molecule has 0 bridgehead atoms. The van der Waals surface area contributed by atoms with Crippen molar-refractivity contribution in [2.45, 2.75) is 19.8 Å². The molecule has 0 amide bonds. The molecule has 1 unspecified atom stereocenters. The standard InChI is InChI=1S/C9H11N3O/c1-6-3-9(8(4-10)5-13)12-7(2)11-6/h3,8,13H,5H2,1-2H3. The molecular weight excluding hydrogens is 166 g/mol. The van der Waals surface area contributed by atoms with E-state index in [0.717, 1.165) is 5.69 Å². The molecule has 0 aromatic carbocycles. The average molecular weight is 177 g/mol. The predicted octanol–water partition coefficient (Wildman–Crippen LogP) is 0.693. The topological polar surface area (TPSA) is 69.8 Å². The van der Waals surface area contributed by atoms with Crippen molar-refractivity contribution in [3.8, 4) is 6.07 Å². The zero-order chi connectivity index (χ0) is 9.84. The SMILES string of the molecule is Cc1cc(C(C#N)CO)nc(C)n1. The van der Waals surface area contributed by atoms with E-state index < -0.39 is 5.92 Å². The molecule has 0 fully saturated rings. The second kappa shape index (κ2) is 3.97. The van der Waals surface area contributed by atoms with Crippen LogP contribution in [0.4, 0.5) is 0 Å². The van der Waals surface area contributed by atoms with Crippen LogP contribution < -0.4 is 0 Å². The van der Waals surface area contributed by atoms with Gasteiger partial charge >= 0.3 is 0 Å². The highest BCUT2D eigenvalue weighted by atomic mass is 16.3. The third-order valence-electron chi connectivity index (χ3n) is 1.68. The van der Waals surface area contributed by atoms with E-state index in [9.17, 15) is 0 Å². The molecule has 1 heterocycles. The number of aliphatic hydroxyl groups excluding tert-OH is 1. The van der Waals surface area contributed by atoms with Gasteiger partial charge in [0.25, 0.3) is 0 Å². The predicted molar refractivity (Wildman–Crippen MR) is 46.9 cm³/mol. The molecule has 0 saturated heterocycles. The molecule has 0 aliphatic carbocycles. The maximum absolute atomic E-state index is 8.88. The molecule has 0 radical (unpaired) electrons. The normalized spacial score (nSPS) is 12.2. The van der Waals surface area contributed by atoms with Crippen LogP contribution >= 0.6 is 0 Å². The van der Waals surface area contributed by atoms with E-state index in [-0.39, 0.29) is 6.61 Å². The number of aromatic nitrogens is 2. The quantitative estimate of drug-likeness (QED) is 0.721. The summed E-state index contributed by atoms with van der Waals surface area (Å²) in [5.41, 5.74) is 1.41. The van der Waals surface area contributed by atoms with Crippen molar-refractivity contribution in [1.82, 2.24) is 9.97 Å². The Balaban J connectivity index is 3.08. The van der Waals surface area contributed by atoms with Gasteiger partial charge in [-0.1, -0.05) is 0 Å². The molecular formula is C9H11N3O. The van der Waals surface area contributed by atoms with Crippen molar-refractivity contribution >= 4 is 0 Å². The molecule has 4 nitrogen and oxygen atoms in total. The van der Waals surface area contributed by atoms with Crippen molar-refractivity contribution in [3.63, 3.8) is 0 Å². The number of nitrogens with zero attached hydrogens (tertiary/aromatic N) is 3. The van der Waals surface area contributed by atoms with E-state index in [1.807, 2.05) is 13.0 Å². The fraction of sp³-hybridized carbons (Fsp3) is 0.444. The molecule has 0 saturated carbocycles. The first-order valence-electron chi connectivity index (χ1n) is 4.00. The first kappa shape index (κ1) is 9.62. The highest BCUT2D eigenvalue weighted by Gasteiger charge is 2.11. The van der Waals surface area contributed by atoms with Crippen LogP contribution in [0.3, 0.4) is 0 Å². The maximum Gasteiger partial charge on any atom is 0.125 e. The fourth-order valence-corrected chi connectivity index (χ4v) is 1.12. The Bertz CT molecular complexity index is 323. The van der Waals surface area contributed by atoms with Gasteiger partial charge in [-0.15, -0.1) is 0 Å². The van der Waals surface area contributed by atoms with Crippen molar-refractivity contribution in [1.29, 1.82) is 5.26 Å². The van der Waals surface area contributed by atoms with Crippen LogP contribution in [0.15, 0.2) is 6.07 Å². The molecule has 1 aromatic rings. The van der Waals surface area contributed by atoms with Crippen molar-refractivity contribution in [2.24, 2.45) is 0 Å². The highest BCUT2D eigenvalue weighted by molar-refractivity contribution is 5.19. The molecule has 0 aliphatic rings. The lowest BCUT2D eigenvalue weighted by molar-refractivity contribution is 0.284. The van der Waals surface area contributed by atoms with Gasteiger partial charge in [0.05, 0.1) is 18.4 Å². The first-order chi connectivity index (χ1) is 6.17. The van der Waals surface area contributed by atoms with Gasteiger partial charge in [0, 0.05) is 5.69 Å². The second-order valence-corrected chi connectivity index (χ2v) is 2.85. The third kappa shape index (κ3) is 2.23. The monoisotopic (exact) mass is 177 g/mol. The molecule has 13 heavy (non-hydrogen) atoms. The molecule has 1 N–H and O–H groups in total. The van der Waals surface area contributed by atoms with E-state index >= 15 is 0 Å². The maximum atomic E-state index is 8.88. The smallest absolute Gasteiger partial charge is 0.125 e. The number of hydrogen-bond donors (Lipinski definition) is 1. The van der Waals surface area contributed by atoms with Crippen LogP contribution in [0.2, 0.25) is 0 Å². The minimum atomic E-state index is -0.541. The minimum Gasteiger partial charge on any atom is -0.395 e. The molecule has 1 aromatic heterocycles. The van der Waals surface area contributed by atoms with Gasteiger partial charge in [0.2, 0.25) is 0 Å². The van der Waals surface area contributed by atoms with Crippen LogP contribution in [0.25, 0.3) is 0 Å². The van der Waals surface area contributed by atoms with Crippen LogP contribution in [0.5, 0.6) is 0 Å². The number of aliphatic hydroxyl groups is 1. The van der Waals surface area contributed by atoms with Crippen molar-refractivity contribution in [2.75, 3.05) is 6.61 Å². The first-order valence-corrected chi connectivity index (χ1v) is 4.00. The van der Waals surface area contributed by atoms with E-state index in [1.54, 1.807) is 13.0 Å². The summed E-state index contributed by atoms with van der Waals surface area (Å²) in [4.78, 5) is 8.17. The Morgan fingerprint density at radius 2 is 2.23 bits per heavy atom. The average Bonchev–Trinajstić information content (AvgIpc) is 2.04. The molecule has 0 aliphatic heterocycles. The summed E-state index contributed by atoms with van der Waals surface area (Å²) in [5, 5.41) is 17.6. The summed E-state index contributed by atoms with van der Waals surface area (Å²) >= 11 is 0. The zero-order valence-electron chi connectivity index (χ0n) is 7.65. The van der Waals surface area contributed by atoms with Gasteiger partial charge in [-0.05, 0) is 19.9 Å². The van der Waals surface area contributed by atoms with Crippen LogP contribution in [0, 0.1) is 25.2 Å². The molecule has 1 rings (SSSR count). The van der Waals surface area contributed by atoms with Crippen molar-refractivity contribution < 1.29 is 5.11 Å². The lowest BCUT2D eigenvalue weighted by Crippen LogP contribution is -2.06. The van der Waals surface area contributed by atoms with E-state index in [4.69, 9.17) is 10.4 Å². The minimum absolute atomic E-state index is 0.202. The number of nitriles is 1. The largest absolute Gasteiger partial charge is 0.395 e. The Labute approximate surface area is 76.9 Å². The van der Waals surface area contributed by atoms with E-state index in [2.05, 4.69) is 9.97 Å². The second-order valence-electron chi connectivity index (χ2n) is 2.85. The summed E-state index contributed by atoms with van der Waals surface area (Å²) in [6.45, 7) is 3.40. The lowest BCUT2D eigenvalue weighted by Gasteiger charge is -2.05. The van der Waals surface area contributed by atoms with Gasteiger partial charge in [0.1, 0.15) is 11.7 Å². The zero-order valence-corrected chi connectivity index (χ0v) is 7.65. The Hall–Kier alpha value is -1.47. The third-order valence-corrected chi connectivity index (χ3v) is 1.68. The lowest BCUT2D eigenvalue weighted by atomic mass is 10.1. The summed E-state index contributed by atoms with van der Waals surface area (Å²) in [6, 6.07) is 3.70. The summed E-state index contributed by atoms with van der Waals surface area (Å²) in [5.74, 6) is 0.0871. The fourth-order valence-electron chi connectivity index (χ4n) is 1.12.